The Morgan fingerprint density at radius 1 is 0.875 bits per heavy atom. The van der Waals surface area contributed by atoms with E-state index in [1.54, 1.807) is 0 Å². The maximum absolute atomic E-state index is 5.76. The summed E-state index contributed by atoms with van der Waals surface area (Å²) in [5.41, 5.74) is 21.9. The van der Waals surface area contributed by atoms with Gasteiger partial charge in [0.15, 0.2) is 0 Å². The van der Waals surface area contributed by atoms with Crippen LogP contribution in [0.1, 0.15) is 5.56 Å². The topological polar surface area (TPSA) is 78.1 Å². The van der Waals surface area contributed by atoms with Gasteiger partial charge in [-0.25, -0.2) is 0 Å². The second-order valence-electron chi connectivity index (χ2n) is 3.75. The molecule has 0 aromatic heterocycles. The minimum absolute atomic E-state index is 0.467. The van der Waals surface area contributed by atoms with Gasteiger partial charge in [0.2, 0.25) is 0 Å². The second kappa shape index (κ2) is 4.24. The van der Waals surface area contributed by atoms with Crippen LogP contribution in [0.15, 0.2) is 42.5 Å². The van der Waals surface area contributed by atoms with Crippen LogP contribution in [0, 0.1) is 0 Å². The van der Waals surface area contributed by atoms with Gasteiger partial charge in [0.1, 0.15) is 0 Å². The number of nitrogen functional groups attached to an aromatic ring is 2. The van der Waals surface area contributed by atoms with Gasteiger partial charge in [-0.05, 0) is 41.0 Å². The summed E-state index contributed by atoms with van der Waals surface area (Å²) in [5.74, 6) is 0. The fourth-order valence-electron chi connectivity index (χ4n) is 1.77. The van der Waals surface area contributed by atoms with E-state index >= 15 is 0 Å². The maximum atomic E-state index is 5.76. The Morgan fingerprint density at radius 3 is 2.31 bits per heavy atom. The summed E-state index contributed by atoms with van der Waals surface area (Å²) in [6.07, 6.45) is 0. The van der Waals surface area contributed by atoms with E-state index in [9.17, 15) is 0 Å². The molecule has 0 unspecified atom stereocenters. The molecule has 0 saturated carbocycles. The lowest BCUT2D eigenvalue weighted by atomic mass is 9.99. The van der Waals surface area contributed by atoms with Crippen LogP contribution in [0.4, 0.5) is 11.4 Å². The molecule has 6 N–H and O–H groups in total. The van der Waals surface area contributed by atoms with Crippen molar-refractivity contribution in [3.8, 4) is 11.1 Å². The van der Waals surface area contributed by atoms with Gasteiger partial charge < -0.3 is 17.2 Å². The smallest absolute Gasteiger partial charge is 0.0320 e. The molecule has 3 nitrogen and oxygen atoms in total. The molecule has 0 aliphatic rings. The summed E-state index contributed by atoms with van der Waals surface area (Å²) >= 11 is 0. The third-order valence-corrected chi connectivity index (χ3v) is 2.55. The molecule has 0 amide bonds. The summed E-state index contributed by atoms with van der Waals surface area (Å²) in [6, 6.07) is 13.5. The van der Waals surface area contributed by atoms with Crippen LogP contribution in [0.5, 0.6) is 0 Å². The van der Waals surface area contributed by atoms with E-state index in [-0.39, 0.29) is 0 Å². The third-order valence-electron chi connectivity index (χ3n) is 2.55. The maximum Gasteiger partial charge on any atom is 0.0320 e. The molecule has 0 fully saturated rings. The van der Waals surface area contributed by atoms with E-state index < -0.39 is 0 Å². The van der Waals surface area contributed by atoms with Gasteiger partial charge in [0, 0.05) is 17.9 Å². The normalized spacial score (nSPS) is 10.3. The molecule has 0 saturated heterocycles. The van der Waals surface area contributed by atoms with E-state index in [1.807, 2.05) is 42.5 Å². The molecule has 0 heterocycles. The Morgan fingerprint density at radius 2 is 1.62 bits per heavy atom. The van der Waals surface area contributed by atoms with E-state index in [2.05, 4.69) is 0 Å². The van der Waals surface area contributed by atoms with Crippen molar-refractivity contribution in [2.75, 3.05) is 11.5 Å². The van der Waals surface area contributed by atoms with Crippen molar-refractivity contribution in [2.45, 2.75) is 6.54 Å². The molecule has 0 aliphatic carbocycles. The van der Waals surface area contributed by atoms with Gasteiger partial charge >= 0.3 is 0 Å². The van der Waals surface area contributed by atoms with Crippen LogP contribution in [0.2, 0.25) is 0 Å². The quantitative estimate of drug-likeness (QED) is 0.667. The van der Waals surface area contributed by atoms with Gasteiger partial charge in [-0.1, -0.05) is 18.2 Å². The molecule has 0 radical (unpaired) electrons. The highest BCUT2D eigenvalue weighted by Gasteiger charge is 2.04. The number of nitrogens with two attached hydrogens (primary N) is 3. The molecule has 0 aliphatic heterocycles. The van der Waals surface area contributed by atoms with Crippen LogP contribution < -0.4 is 17.2 Å². The lowest BCUT2D eigenvalue weighted by Gasteiger charge is -2.09. The summed E-state index contributed by atoms with van der Waals surface area (Å²) < 4.78 is 0. The predicted molar refractivity (Wildman–Crippen MR) is 68.6 cm³/mol. The lowest BCUT2D eigenvalue weighted by molar-refractivity contribution is 1.07. The molecule has 3 heteroatoms. The zero-order chi connectivity index (χ0) is 11.5. The van der Waals surface area contributed by atoms with Crippen molar-refractivity contribution >= 4 is 11.4 Å². The van der Waals surface area contributed by atoms with E-state index in [0.29, 0.717) is 6.54 Å². The first-order valence-electron chi connectivity index (χ1n) is 5.15. The highest BCUT2D eigenvalue weighted by atomic mass is 14.6. The first-order chi connectivity index (χ1) is 7.70. The highest BCUT2D eigenvalue weighted by Crippen LogP contribution is 2.26. The average molecular weight is 213 g/mol. The van der Waals surface area contributed by atoms with Crippen molar-refractivity contribution in [2.24, 2.45) is 5.73 Å². The van der Waals surface area contributed by atoms with Gasteiger partial charge in [0.05, 0.1) is 0 Å². The Balaban J connectivity index is 2.55. The van der Waals surface area contributed by atoms with E-state index in [4.69, 9.17) is 17.2 Å². The third kappa shape index (κ3) is 1.99. The zero-order valence-electron chi connectivity index (χ0n) is 8.98. The fourth-order valence-corrected chi connectivity index (χ4v) is 1.77. The van der Waals surface area contributed by atoms with Crippen LogP contribution in [-0.4, -0.2) is 0 Å². The Hall–Kier alpha value is -2.00. The number of hydrogen-bond donors (Lipinski definition) is 3. The minimum atomic E-state index is 0.467. The SMILES string of the molecule is NCc1cc(N)ccc1-c1cccc(N)c1. The highest BCUT2D eigenvalue weighted by molar-refractivity contribution is 5.72. The van der Waals surface area contributed by atoms with E-state index in [1.165, 1.54) is 0 Å². The Bertz CT molecular complexity index is 506. The van der Waals surface area contributed by atoms with Crippen molar-refractivity contribution < 1.29 is 0 Å². The van der Waals surface area contributed by atoms with Crippen LogP contribution in [0.3, 0.4) is 0 Å². The van der Waals surface area contributed by atoms with Crippen LogP contribution >= 0.6 is 0 Å². The molecule has 2 aromatic rings. The molecular weight excluding hydrogens is 198 g/mol. The lowest BCUT2D eigenvalue weighted by Crippen LogP contribution is -2.00. The molecule has 82 valence electrons. The predicted octanol–water partition coefficient (Wildman–Crippen LogP) is 1.98. The Kier molecular flexibility index (Phi) is 2.79. The van der Waals surface area contributed by atoms with Crippen molar-refractivity contribution in [1.82, 2.24) is 0 Å². The molecule has 0 spiro atoms. The molecule has 2 aromatic carbocycles. The first-order valence-corrected chi connectivity index (χ1v) is 5.15. The van der Waals surface area contributed by atoms with Crippen LogP contribution in [0.25, 0.3) is 11.1 Å². The summed E-state index contributed by atoms with van der Waals surface area (Å²) in [7, 11) is 0. The number of rotatable bonds is 2. The second-order valence-corrected chi connectivity index (χ2v) is 3.75. The van der Waals surface area contributed by atoms with Gasteiger partial charge in [0.25, 0.3) is 0 Å². The standard InChI is InChI=1S/C13H15N3/c14-8-10-7-12(16)4-5-13(10)9-2-1-3-11(15)6-9/h1-7H,8,14-16H2. The molecule has 0 atom stereocenters. The fraction of sp³-hybridized carbons (Fsp3) is 0.0769. The zero-order valence-corrected chi connectivity index (χ0v) is 8.98. The summed E-state index contributed by atoms with van der Waals surface area (Å²) in [5, 5.41) is 0. The minimum Gasteiger partial charge on any atom is -0.399 e. The molecule has 0 bridgehead atoms. The van der Waals surface area contributed by atoms with Gasteiger partial charge in [-0.3, -0.25) is 0 Å². The van der Waals surface area contributed by atoms with Crippen molar-refractivity contribution in [1.29, 1.82) is 0 Å². The van der Waals surface area contributed by atoms with Gasteiger partial charge in [-0.2, -0.15) is 0 Å². The number of benzene rings is 2. The summed E-state index contributed by atoms with van der Waals surface area (Å²) in [6.45, 7) is 0.467. The molecule has 16 heavy (non-hydrogen) atoms. The van der Waals surface area contributed by atoms with Crippen molar-refractivity contribution in [3.63, 3.8) is 0 Å². The average Bonchev–Trinajstić information content (AvgIpc) is 2.28. The number of anilines is 2. The van der Waals surface area contributed by atoms with Gasteiger partial charge in [-0.15, -0.1) is 0 Å². The number of hydrogen-bond acceptors (Lipinski definition) is 3. The van der Waals surface area contributed by atoms with E-state index in [0.717, 1.165) is 28.1 Å². The largest absolute Gasteiger partial charge is 0.399 e. The monoisotopic (exact) mass is 213 g/mol. The summed E-state index contributed by atoms with van der Waals surface area (Å²) in [4.78, 5) is 0. The first kappa shape index (κ1) is 10.5. The Labute approximate surface area is 94.9 Å². The van der Waals surface area contributed by atoms with Crippen LogP contribution in [-0.2, 0) is 6.54 Å². The molecular formula is C13H15N3. The molecule has 2 rings (SSSR count). The van der Waals surface area contributed by atoms with Crippen molar-refractivity contribution in [3.05, 3.63) is 48.0 Å².